The second-order valence-electron chi connectivity index (χ2n) is 4.45. The number of rotatable bonds is 7. The molecule has 0 atom stereocenters. The lowest BCUT2D eigenvalue weighted by Crippen LogP contribution is -2.37. The van der Waals surface area contributed by atoms with Crippen LogP contribution in [0.25, 0.3) is 0 Å². The van der Waals surface area contributed by atoms with Gasteiger partial charge < -0.3 is 10.4 Å². The van der Waals surface area contributed by atoms with Gasteiger partial charge in [-0.1, -0.05) is 19.3 Å². The molecule has 1 amide bonds. The first-order valence-corrected chi connectivity index (χ1v) is 7.43. The maximum atomic E-state index is 11.6. The maximum Gasteiger partial charge on any atom is 0.303 e. The quantitative estimate of drug-likeness (QED) is 0.687. The largest absolute Gasteiger partial charge is 0.481 e. The van der Waals surface area contributed by atoms with E-state index in [9.17, 15) is 9.59 Å². The van der Waals surface area contributed by atoms with Crippen molar-refractivity contribution in [3.05, 3.63) is 0 Å². The topological polar surface area (TPSA) is 66.4 Å². The van der Waals surface area contributed by atoms with E-state index in [1.165, 1.54) is 31.0 Å². The molecule has 0 saturated heterocycles. The molecule has 4 nitrogen and oxygen atoms in total. The second kappa shape index (κ2) is 8.39. The van der Waals surface area contributed by atoms with Gasteiger partial charge in [-0.3, -0.25) is 9.59 Å². The van der Waals surface area contributed by atoms with Crippen molar-refractivity contribution in [2.75, 3.05) is 11.5 Å². The number of aliphatic carboxylic acids is 1. The van der Waals surface area contributed by atoms with Crippen molar-refractivity contribution in [2.24, 2.45) is 0 Å². The molecule has 0 aromatic carbocycles. The van der Waals surface area contributed by atoms with E-state index in [-0.39, 0.29) is 12.3 Å². The first kappa shape index (κ1) is 14.4. The van der Waals surface area contributed by atoms with Crippen LogP contribution < -0.4 is 5.32 Å². The number of carbonyl (C=O) groups is 2. The van der Waals surface area contributed by atoms with Crippen LogP contribution in [0.5, 0.6) is 0 Å². The summed E-state index contributed by atoms with van der Waals surface area (Å²) in [4.78, 5) is 21.8. The Kier molecular flexibility index (Phi) is 7.08. The van der Waals surface area contributed by atoms with Gasteiger partial charge in [0.15, 0.2) is 0 Å². The molecule has 1 fully saturated rings. The number of hydrogen-bond acceptors (Lipinski definition) is 3. The Morgan fingerprint density at radius 2 is 1.94 bits per heavy atom. The number of carbonyl (C=O) groups excluding carboxylic acids is 1. The highest BCUT2D eigenvalue weighted by Crippen LogP contribution is 2.17. The van der Waals surface area contributed by atoms with E-state index in [4.69, 9.17) is 5.11 Å². The maximum absolute atomic E-state index is 11.6. The fourth-order valence-electron chi connectivity index (χ4n) is 2.01. The van der Waals surface area contributed by atoms with Crippen molar-refractivity contribution in [3.63, 3.8) is 0 Å². The Balaban J connectivity index is 1.98. The van der Waals surface area contributed by atoms with Crippen LogP contribution in [0.15, 0.2) is 0 Å². The van der Waals surface area contributed by atoms with Crippen LogP contribution in [-0.4, -0.2) is 34.5 Å². The lowest BCUT2D eigenvalue weighted by molar-refractivity contribution is -0.137. The molecule has 5 heteroatoms. The first-order chi connectivity index (χ1) is 8.18. The van der Waals surface area contributed by atoms with Gasteiger partial charge in [0, 0.05) is 12.5 Å². The molecule has 0 spiro atoms. The summed E-state index contributed by atoms with van der Waals surface area (Å²) < 4.78 is 0. The van der Waals surface area contributed by atoms with E-state index in [1.807, 2.05) is 0 Å². The van der Waals surface area contributed by atoms with Gasteiger partial charge in [-0.05, 0) is 25.0 Å². The average molecular weight is 259 g/mol. The molecule has 98 valence electrons. The third-order valence-corrected chi connectivity index (χ3v) is 3.93. The summed E-state index contributed by atoms with van der Waals surface area (Å²) in [6, 6.07) is 0.371. The van der Waals surface area contributed by atoms with Crippen LogP contribution in [-0.2, 0) is 9.59 Å². The van der Waals surface area contributed by atoms with Crippen molar-refractivity contribution in [2.45, 2.75) is 51.0 Å². The lowest BCUT2D eigenvalue weighted by Gasteiger charge is -2.22. The minimum Gasteiger partial charge on any atom is -0.481 e. The summed E-state index contributed by atoms with van der Waals surface area (Å²) in [5.74, 6) is 0.523. The van der Waals surface area contributed by atoms with Crippen molar-refractivity contribution < 1.29 is 14.7 Å². The van der Waals surface area contributed by atoms with Crippen molar-refractivity contribution in [1.82, 2.24) is 5.32 Å². The molecular formula is C12H21NO3S. The van der Waals surface area contributed by atoms with Crippen molar-refractivity contribution in [1.29, 1.82) is 0 Å². The number of carboxylic acids is 1. The molecule has 2 N–H and O–H groups in total. The summed E-state index contributed by atoms with van der Waals surface area (Å²) >= 11 is 1.52. The van der Waals surface area contributed by atoms with E-state index in [0.717, 1.165) is 18.6 Å². The number of nitrogens with one attached hydrogen (secondary N) is 1. The molecule has 0 bridgehead atoms. The molecule has 0 aromatic heterocycles. The predicted molar refractivity (Wildman–Crippen MR) is 69.2 cm³/mol. The number of amides is 1. The Labute approximate surface area is 107 Å². The zero-order valence-corrected chi connectivity index (χ0v) is 10.9. The minimum atomic E-state index is -0.766. The Hall–Kier alpha value is -0.710. The summed E-state index contributed by atoms with van der Waals surface area (Å²) in [5, 5.41) is 11.5. The predicted octanol–water partition coefficient (Wildman–Crippen LogP) is 2.03. The fourth-order valence-corrected chi connectivity index (χ4v) is 2.77. The number of thioether (sulfide) groups is 1. The van der Waals surface area contributed by atoms with E-state index in [2.05, 4.69) is 5.32 Å². The molecule has 1 saturated carbocycles. The van der Waals surface area contributed by atoms with Crippen LogP contribution in [0.4, 0.5) is 0 Å². The van der Waals surface area contributed by atoms with Gasteiger partial charge in [0.2, 0.25) is 5.91 Å². The van der Waals surface area contributed by atoms with Gasteiger partial charge in [0.05, 0.1) is 5.75 Å². The average Bonchev–Trinajstić information content (AvgIpc) is 2.29. The van der Waals surface area contributed by atoms with E-state index < -0.39 is 5.97 Å². The normalized spacial score (nSPS) is 16.7. The van der Waals surface area contributed by atoms with Crippen LogP contribution in [0, 0.1) is 0 Å². The van der Waals surface area contributed by atoms with Gasteiger partial charge >= 0.3 is 5.97 Å². The third-order valence-electron chi connectivity index (χ3n) is 2.88. The highest BCUT2D eigenvalue weighted by molar-refractivity contribution is 7.99. The van der Waals surface area contributed by atoms with Gasteiger partial charge in [-0.15, -0.1) is 0 Å². The van der Waals surface area contributed by atoms with Crippen LogP contribution in [0.1, 0.15) is 44.9 Å². The van der Waals surface area contributed by atoms with E-state index >= 15 is 0 Å². The highest BCUT2D eigenvalue weighted by atomic mass is 32.2. The zero-order chi connectivity index (χ0) is 12.5. The number of hydrogen-bond donors (Lipinski definition) is 2. The molecule has 0 radical (unpaired) electrons. The molecule has 1 aliphatic rings. The summed E-state index contributed by atoms with van der Waals surface area (Å²) in [5.41, 5.74) is 0. The molecule has 0 aliphatic heterocycles. The molecule has 0 aromatic rings. The fraction of sp³-hybridized carbons (Fsp3) is 0.833. The minimum absolute atomic E-state index is 0.0947. The van der Waals surface area contributed by atoms with E-state index in [1.54, 1.807) is 0 Å². The lowest BCUT2D eigenvalue weighted by atomic mass is 9.95. The van der Waals surface area contributed by atoms with Gasteiger partial charge in [-0.25, -0.2) is 0 Å². The Bertz CT molecular complexity index is 252. The molecule has 0 heterocycles. The smallest absolute Gasteiger partial charge is 0.303 e. The van der Waals surface area contributed by atoms with E-state index in [0.29, 0.717) is 18.2 Å². The second-order valence-corrected chi connectivity index (χ2v) is 5.56. The SMILES string of the molecule is O=C(O)CCCSCC(=O)NC1CCCCC1. The summed E-state index contributed by atoms with van der Waals surface area (Å²) in [6.07, 6.45) is 6.77. The van der Waals surface area contributed by atoms with Gasteiger partial charge in [0.25, 0.3) is 0 Å². The van der Waals surface area contributed by atoms with Crippen molar-refractivity contribution >= 4 is 23.6 Å². The van der Waals surface area contributed by atoms with Crippen LogP contribution >= 0.6 is 11.8 Å². The first-order valence-electron chi connectivity index (χ1n) is 6.27. The molecular weight excluding hydrogens is 238 g/mol. The summed E-state index contributed by atoms with van der Waals surface area (Å²) in [6.45, 7) is 0. The highest BCUT2D eigenvalue weighted by Gasteiger charge is 2.15. The molecule has 1 rings (SSSR count). The number of carboxylic acid groups (broad SMARTS) is 1. The zero-order valence-electron chi connectivity index (χ0n) is 10.1. The van der Waals surface area contributed by atoms with Crippen molar-refractivity contribution in [3.8, 4) is 0 Å². The monoisotopic (exact) mass is 259 g/mol. The van der Waals surface area contributed by atoms with Crippen LogP contribution in [0.2, 0.25) is 0 Å². The van der Waals surface area contributed by atoms with Gasteiger partial charge in [0.1, 0.15) is 0 Å². The Morgan fingerprint density at radius 1 is 1.24 bits per heavy atom. The molecule has 17 heavy (non-hydrogen) atoms. The van der Waals surface area contributed by atoms with Gasteiger partial charge in [-0.2, -0.15) is 11.8 Å². The standard InChI is InChI=1S/C12H21NO3S/c14-11(9-17-8-4-7-12(15)16)13-10-5-2-1-3-6-10/h10H,1-9H2,(H,13,14)(H,15,16). The summed E-state index contributed by atoms with van der Waals surface area (Å²) in [7, 11) is 0. The van der Waals surface area contributed by atoms with Crippen LogP contribution in [0.3, 0.4) is 0 Å². The third kappa shape index (κ3) is 7.26. The Morgan fingerprint density at radius 3 is 2.59 bits per heavy atom. The molecule has 0 unspecified atom stereocenters. The molecule has 1 aliphatic carbocycles.